The van der Waals surface area contributed by atoms with Gasteiger partial charge in [0.2, 0.25) is 5.91 Å². The summed E-state index contributed by atoms with van der Waals surface area (Å²) >= 11 is 0. The lowest BCUT2D eigenvalue weighted by Gasteiger charge is -2.24. The molecule has 1 aliphatic carbocycles. The average molecular weight is 475 g/mol. The minimum absolute atomic E-state index is 0.0602. The molecule has 9 heteroatoms. The molecule has 35 heavy (non-hydrogen) atoms. The SMILES string of the molecule is CN(Cc1ccc(-c2c(F)cccc2F)cn1)C(=O)C1(c2ccc3c(=O)[nH]nc(CN)c3c2)CC1. The molecule has 2 aromatic heterocycles. The smallest absolute Gasteiger partial charge is 0.272 e. The van der Waals surface area contributed by atoms with Crippen LogP contribution in [0.5, 0.6) is 0 Å². The van der Waals surface area contributed by atoms with Crippen LogP contribution < -0.4 is 11.3 Å². The molecule has 0 radical (unpaired) electrons. The van der Waals surface area contributed by atoms with Crippen molar-refractivity contribution in [2.75, 3.05) is 7.05 Å². The first-order valence-corrected chi connectivity index (χ1v) is 11.2. The van der Waals surface area contributed by atoms with E-state index in [1.54, 1.807) is 30.1 Å². The number of pyridine rings is 1. The number of H-pyrrole nitrogens is 1. The van der Waals surface area contributed by atoms with Gasteiger partial charge in [-0.15, -0.1) is 0 Å². The lowest BCUT2D eigenvalue weighted by atomic mass is 9.92. The van der Waals surface area contributed by atoms with Gasteiger partial charge in [0, 0.05) is 30.7 Å². The molecule has 7 nitrogen and oxygen atoms in total. The number of nitrogens with two attached hydrogens (primary N) is 1. The van der Waals surface area contributed by atoms with Gasteiger partial charge < -0.3 is 10.6 Å². The monoisotopic (exact) mass is 475 g/mol. The van der Waals surface area contributed by atoms with Crippen molar-refractivity contribution in [2.45, 2.75) is 31.3 Å². The van der Waals surface area contributed by atoms with Crippen LogP contribution in [-0.2, 0) is 23.3 Å². The molecule has 0 atom stereocenters. The molecule has 1 amide bonds. The number of nitrogens with one attached hydrogen (secondary N) is 1. The van der Waals surface area contributed by atoms with Crippen molar-refractivity contribution in [1.82, 2.24) is 20.1 Å². The van der Waals surface area contributed by atoms with Gasteiger partial charge in [0.05, 0.1) is 34.3 Å². The van der Waals surface area contributed by atoms with Crippen molar-refractivity contribution in [1.29, 1.82) is 0 Å². The predicted molar refractivity (Wildman–Crippen MR) is 127 cm³/mol. The average Bonchev–Trinajstić information content (AvgIpc) is 3.67. The number of carbonyl (C=O) groups is 1. The molecule has 0 aliphatic heterocycles. The molecule has 0 bridgehead atoms. The first-order chi connectivity index (χ1) is 16.8. The van der Waals surface area contributed by atoms with E-state index >= 15 is 0 Å². The first kappa shape index (κ1) is 22.8. The molecule has 0 unspecified atom stereocenters. The number of rotatable bonds is 6. The molecule has 0 spiro atoms. The summed E-state index contributed by atoms with van der Waals surface area (Å²) in [5.74, 6) is -1.38. The second-order valence-corrected chi connectivity index (χ2v) is 8.84. The Kier molecular flexibility index (Phi) is 5.64. The molecule has 1 aliphatic rings. The van der Waals surface area contributed by atoms with Crippen molar-refractivity contribution < 1.29 is 13.6 Å². The summed E-state index contributed by atoms with van der Waals surface area (Å²) in [4.78, 5) is 31.5. The molecular formula is C26H23F2N5O2. The Hall–Kier alpha value is -3.98. The van der Waals surface area contributed by atoms with E-state index in [9.17, 15) is 18.4 Å². The van der Waals surface area contributed by atoms with Crippen LogP contribution in [0, 0.1) is 11.6 Å². The summed E-state index contributed by atoms with van der Waals surface area (Å²) in [6.07, 6.45) is 2.79. The van der Waals surface area contributed by atoms with E-state index in [4.69, 9.17) is 5.73 Å². The third-order valence-corrected chi connectivity index (χ3v) is 6.59. The van der Waals surface area contributed by atoms with Gasteiger partial charge in [0.25, 0.3) is 5.56 Å². The van der Waals surface area contributed by atoms with Gasteiger partial charge >= 0.3 is 0 Å². The standard InChI is InChI=1S/C26H23F2N5O2/c1-33(14-17-7-5-15(13-30-17)23-20(27)3-2-4-21(23)28)25(35)26(9-10-26)16-6-8-18-19(11-16)22(12-29)31-32-24(18)34/h2-8,11,13H,9-10,12,14,29H2,1H3,(H,32,34). The maximum atomic E-state index is 14.1. The number of fused-ring (bicyclic) bond motifs is 1. The van der Waals surface area contributed by atoms with Crippen LogP contribution in [0.15, 0.2) is 59.5 Å². The Labute approximate surface area is 199 Å². The van der Waals surface area contributed by atoms with E-state index in [1.807, 2.05) is 12.1 Å². The molecular weight excluding hydrogens is 452 g/mol. The van der Waals surface area contributed by atoms with Crippen LogP contribution in [0.3, 0.4) is 0 Å². The molecule has 2 heterocycles. The number of halogens is 2. The number of likely N-dealkylation sites (N-methyl/N-ethyl adjacent to an activating group) is 1. The topological polar surface area (TPSA) is 105 Å². The highest BCUT2D eigenvalue weighted by Crippen LogP contribution is 2.50. The fourth-order valence-electron chi connectivity index (χ4n) is 4.54. The van der Waals surface area contributed by atoms with Crippen LogP contribution >= 0.6 is 0 Å². The fourth-order valence-corrected chi connectivity index (χ4v) is 4.54. The van der Waals surface area contributed by atoms with Gasteiger partial charge in [-0.3, -0.25) is 14.6 Å². The second-order valence-electron chi connectivity index (χ2n) is 8.84. The highest BCUT2D eigenvalue weighted by atomic mass is 19.1. The number of amides is 1. The fraction of sp³-hybridized carbons (Fsp3) is 0.231. The Morgan fingerprint density at radius 1 is 1.11 bits per heavy atom. The Morgan fingerprint density at radius 3 is 2.49 bits per heavy atom. The van der Waals surface area contributed by atoms with Gasteiger partial charge in [0.15, 0.2) is 0 Å². The Bertz CT molecular complexity index is 1480. The summed E-state index contributed by atoms with van der Waals surface area (Å²) in [5, 5.41) is 7.61. The summed E-state index contributed by atoms with van der Waals surface area (Å²) in [5.41, 5.74) is 6.99. The van der Waals surface area contributed by atoms with Crippen LogP contribution in [0.25, 0.3) is 21.9 Å². The first-order valence-electron chi connectivity index (χ1n) is 11.2. The minimum Gasteiger partial charge on any atom is -0.339 e. The van der Waals surface area contributed by atoms with Gasteiger partial charge in [-0.2, -0.15) is 5.10 Å². The zero-order chi connectivity index (χ0) is 24.7. The molecule has 1 saturated carbocycles. The van der Waals surface area contributed by atoms with Crippen molar-refractivity contribution >= 4 is 16.7 Å². The normalized spacial score (nSPS) is 14.2. The number of hydrogen-bond donors (Lipinski definition) is 2. The molecule has 2 aromatic carbocycles. The summed E-state index contributed by atoms with van der Waals surface area (Å²) in [7, 11) is 1.70. The molecule has 0 saturated heterocycles. The number of carbonyl (C=O) groups excluding carboxylic acids is 1. The van der Waals surface area contributed by atoms with Crippen molar-refractivity contribution in [2.24, 2.45) is 5.73 Å². The van der Waals surface area contributed by atoms with E-state index in [0.29, 0.717) is 40.6 Å². The van der Waals surface area contributed by atoms with E-state index in [1.165, 1.54) is 24.4 Å². The largest absolute Gasteiger partial charge is 0.339 e. The zero-order valence-electron chi connectivity index (χ0n) is 19.0. The molecule has 5 rings (SSSR count). The highest BCUT2D eigenvalue weighted by molar-refractivity contribution is 5.93. The van der Waals surface area contributed by atoms with Gasteiger partial charge in [-0.25, -0.2) is 13.9 Å². The van der Waals surface area contributed by atoms with Gasteiger partial charge in [-0.05, 0) is 48.7 Å². The van der Waals surface area contributed by atoms with Crippen LogP contribution in [-0.4, -0.2) is 33.0 Å². The second kappa shape index (κ2) is 8.66. The third-order valence-electron chi connectivity index (χ3n) is 6.59. The van der Waals surface area contributed by atoms with E-state index < -0.39 is 17.0 Å². The lowest BCUT2D eigenvalue weighted by molar-refractivity contribution is -0.133. The number of aromatic nitrogens is 3. The zero-order valence-corrected chi connectivity index (χ0v) is 19.0. The number of hydrogen-bond acceptors (Lipinski definition) is 5. The molecule has 3 N–H and O–H groups in total. The Balaban J connectivity index is 1.38. The van der Waals surface area contributed by atoms with E-state index in [-0.39, 0.29) is 30.1 Å². The highest BCUT2D eigenvalue weighted by Gasteiger charge is 2.52. The van der Waals surface area contributed by atoms with Crippen molar-refractivity contribution in [3.8, 4) is 11.1 Å². The van der Waals surface area contributed by atoms with Crippen molar-refractivity contribution in [3.05, 3.63) is 93.7 Å². The number of benzene rings is 2. The molecule has 4 aromatic rings. The minimum atomic E-state index is -0.673. The Morgan fingerprint density at radius 2 is 1.86 bits per heavy atom. The van der Waals surface area contributed by atoms with Gasteiger partial charge in [0.1, 0.15) is 11.6 Å². The molecule has 178 valence electrons. The summed E-state index contributed by atoms with van der Waals surface area (Å²) < 4.78 is 28.1. The van der Waals surface area contributed by atoms with E-state index in [2.05, 4.69) is 15.2 Å². The number of aromatic amines is 1. The molecule has 1 fully saturated rings. The van der Waals surface area contributed by atoms with Crippen LogP contribution in [0.2, 0.25) is 0 Å². The van der Waals surface area contributed by atoms with Crippen LogP contribution in [0.4, 0.5) is 8.78 Å². The number of nitrogens with zero attached hydrogens (tertiary/aromatic N) is 3. The van der Waals surface area contributed by atoms with Crippen molar-refractivity contribution in [3.63, 3.8) is 0 Å². The maximum absolute atomic E-state index is 14.1. The summed E-state index contributed by atoms with van der Waals surface area (Å²) in [6.45, 7) is 0.402. The van der Waals surface area contributed by atoms with E-state index in [0.717, 1.165) is 5.56 Å². The predicted octanol–water partition coefficient (Wildman–Crippen LogP) is 3.41. The lowest BCUT2D eigenvalue weighted by Crippen LogP contribution is -2.36. The quantitative estimate of drug-likeness (QED) is 0.445. The maximum Gasteiger partial charge on any atom is 0.272 e. The van der Waals surface area contributed by atoms with Crippen LogP contribution in [0.1, 0.15) is 29.8 Å². The third kappa shape index (κ3) is 3.97. The summed E-state index contributed by atoms with van der Waals surface area (Å²) in [6, 6.07) is 12.3. The van der Waals surface area contributed by atoms with Gasteiger partial charge in [-0.1, -0.05) is 18.2 Å².